The summed E-state index contributed by atoms with van der Waals surface area (Å²) in [5, 5.41) is 2.97. The number of esters is 1. The predicted octanol–water partition coefficient (Wildman–Crippen LogP) is 5.38. The number of methoxy groups -OCH3 is 1. The number of halogens is 3. The summed E-state index contributed by atoms with van der Waals surface area (Å²) in [4.78, 5) is 25.4. The number of fused-ring (bicyclic) bond motifs is 1. The molecule has 0 fully saturated rings. The first-order chi connectivity index (χ1) is 11.5. The lowest BCUT2D eigenvalue weighted by atomic mass is 9.69. The van der Waals surface area contributed by atoms with Gasteiger partial charge in [-0.25, -0.2) is 4.79 Å². The summed E-state index contributed by atoms with van der Waals surface area (Å²) >= 11 is 18.3. The van der Waals surface area contributed by atoms with Crippen LogP contribution in [0.2, 0.25) is 0 Å². The molecule has 0 saturated heterocycles. The third-order valence-electron chi connectivity index (χ3n) is 5.16. The van der Waals surface area contributed by atoms with Gasteiger partial charge in [0.05, 0.1) is 12.7 Å². The maximum Gasteiger partial charge on any atom is 0.341 e. The number of thiophene rings is 1. The van der Waals surface area contributed by atoms with Crippen molar-refractivity contribution < 1.29 is 14.3 Å². The second kappa shape index (κ2) is 7.63. The SMILES string of the molecule is CCC(C)(C)C1CCc2c(sc(NC(=O)C(Cl)(Cl)Cl)c2C(=O)OC)C1. The van der Waals surface area contributed by atoms with E-state index >= 15 is 0 Å². The van der Waals surface area contributed by atoms with Gasteiger partial charge in [0.2, 0.25) is 0 Å². The molecule has 0 saturated carbocycles. The van der Waals surface area contributed by atoms with Crippen molar-refractivity contribution in [2.24, 2.45) is 11.3 Å². The van der Waals surface area contributed by atoms with Crippen LogP contribution in [-0.4, -0.2) is 22.8 Å². The van der Waals surface area contributed by atoms with Gasteiger partial charge in [-0.05, 0) is 36.2 Å². The second-order valence-corrected chi connectivity index (χ2v) is 10.3. The van der Waals surface area contributed by atoms with Crippen LogP contribution >= 0.6 is 46.1 Å². The summed E-state index contributed by atoms with van der Waals surface area (Å²) in [5.74, 6) is -0.747. The number of rotatable bonds is 4. The molecule has 0 aliphatic heterocycles. The molecule has 1 heterocycles. The van der Waals surface area contributed by atoms with Crippen LogP contribution in [0, 0.1) is 11.3 Å². The van der Waals surface area contributed by atoms with Crippen molar-refractivity contribution in [1.82, 2.24) is 0 Å². The highest BCUT2D eigenvalue weighted by Crippen LogP contribution is 2.46. The van der Waals surface area contributed by atoms with Gasteiger partial charge in [0.1, 0.15) is 5.00 Å². The third kappa shape index (κ3) is 4.44. The van der Waals surface area contributed by atoms with E-state index in [0.717, 1.165) is 36.1 Å². The van der Waals surface area contributed by atoms with Crippen LogP contribution in [0.15, 0.2) is 0 Å². The summed E-state index contributed by atoms with van der Waals surface area (Å²) < 4.78 is 2.81. The topological polar surface area (TPSA) is 55.4 Å². The standard InChI is InChI=1S/C17H22Cl3NO3S/c1-5-16(2,3)9-6-7-10-11(8-9)25-13(12(10)14(22)24-4)21-15(23)17(18,19)20/h9H,5-8H2,1-4H3,(H,21,23). The summed E-state index contributed by atoms with van der Waals surface area (Å²) in [7, 11) is 1.32. The number of ether oxygens (including phenoxy) is 1. The number of alkyl halides is 3. The fourth-order valence-electron chi connectivity index (χ4n) is 3.12. The van der Waals surface area contributed by atoms with E-state index in [1.807, 2.05) is 0 Å². The highest BCUT2D eigenvalue weighted by atomic mass is 35.6. The molecule has 1 amide bonds. The quantitative estimate of drug-likeness (QED) is 0.519. The summed E-state index contributed by atoms with van der Waals surface area (Å²) in [6.45, 7) is 6.72. The second-order valence-electron chi connectivity index (χ2n) is 6.93. The van der Waals surface area contributed by atoms with Gasteiger partial charge < -0.3 is 10.1 Å². The van der Waals surface area contributed by atoms with E-state index in [2.05, 4.69) is 26.1 Å². The molecule has 140 valence electrons. The van der Waals surface area contributed by atoms with Crippen molar-refractivity contribution >= 4 is 63.0 Å². The average molecular weight is 427 g/mol. The Morgan fingerprint density at radius 1 is 1.32 bits per heavy atom. The molecule has 1 aliphatic rings. The molecule has 1 atom stereocenters. The number of carbonyl (C=O) groups is 2. The maximum atomic E-state index is 12.3. The molecule has 1 aliphatic carbocycles. The molecule has 1 aromatic rings. The van der Waals surface area contributed by atoms with E-state index < -0.39 is 15.7 Å². The van der Waals surface area contributed by atoms with E-state index in [0.29, 0.717) is 16.5 Å². The molecule has 1 unspecified atom stereocenters. The number of carbonyl (C=O) groups excluding carboxylic acids is 2. The van der Waals surface area contributed by atoms with Gasteiger partial charge in [0.25, 0.3) is 9.70 Å². The monoisotopic (exact) mass is 425 g/mol. The normalized spacial score (nSPS) is 17.8. The van der Waals surface area contributed by atoms with Crippen molar-refractivity contribution in [1.29, 1.82) is 0 Å². The van der Waals surface area contributed by atoms with Gasteiger partial charge in [0, 0.05) is 4.88 Å². The van der Waals surface area contributed by atoms with Gasteiger partial charge in [-0.3, -0.25) is 4.79 Å². The maximum absolute atomic E-state index is 12.3. The van der Waals surface area contributed by atoms with Crippen LogP contribution in [0.3, 0.4) is 0 Å². The molecule has 8 heteroatoms. The minimum absolute atomic E-state index is 0.216. The fourth-order valence-corrected chi connectivity index (χ4v) is 4.57. The van der Waals surface area contributed by atoms with Crippen molar-refractivity contribution in [3.8, 4) is 0 Å². The minimum atomic E-state index is -2.09. The highest BCUT2D eigenvalue weighted by Gasteiger charge is 2.37. The number of hydrogen-bond donors (Lipinski definition) is 1. The van der Waals surface area contributed by atoms with E-state index in [9.17, 15) is 9.59 Å². The third-order valence-corrected chi connectivity index (χ3v) is 6.84. The number of anilines is 1. The first-order valence-corrected chi connectivity index (χ1v) is 10.1. The van der Waals surface area contributed by atoms with E-state index in [1.54, 1.807) is 0 Å². The Kier molecular flexibility index (Phi) is 6.35. The van der Waals surface area contributed by atoms with Crippen LogP contribution in [0.25, 0.3) is 0 Å². The molecule has 2 rings (SSSR count). The first kappa shape index (κ1) is 20.8. The lowest BCUT2D eigenvalue weighted by Crippen LogP contribution is -2.29. The molecule has 0 radical (unpaired) electrons. The van der Waals surface area contributed by atoms with E-state index in [1.165, 1.54) is 18.4 Å². The average Bonchev–Trinajstić information content (AvgIpc) is 2.90. The Hall–Kier alpha value is -0.490. The van der Waals surface area contributed by atoms with Gasteiger partial charge in [0.15, 0.2) is 0 Å². The zero-order chi connectivity index (χ0) is 19.0. The van der Waals surface area contributed by atoms with Crippen LogP contribution in [0.4, 0.5) is 5.00 Å². The van der Waals surface area contributed by atoms with E-state index in [4.69, 9.17) is 39.5 Å². The lowest BCUT2D eigenvalue weighted by Gasteiger charge is -2.36. The van der Waals surface area contributed by atoms with Gasteiger partial charge in [-0.15, -0.1) is 11.3 Å². The minimum Gasteiger partial charge on any atom is -0.465 e. The molecular weight excluding hydrogens is 405 g/mol. The molecule has 1 N–H and O–H groups in total. The molecule has 0 aromatic carbocycles. The van der Waals surface area contributed by atoms with Gasteiger partial charge >= 0.3 is 5.97 Å². The predicted molar refractivity (Wildman–Crippen MR) is 104 cm³/mol. The van der Waals surface area contributed by atoms with Crippen molar-refractivity contribution in [2.45, 2.75) is 50.2 Å². The lowest BCUT2D eigenvalue weighted by molar-refractivity contribution is -0.115. The molecule has 1 aromatic heterocycles. The van der Waals surface area contributed by atoms with Crippen molar-refractivity contribution in [2.75, 3.05) is 12.4 Å². The zero-order valence-electron chi connectivity index (χ0n) is 14.7. The number of hydrogen-bond acceptors (Lipinski definition) is 4. The Bertz CT molecular complexity index is 679. The Labute approximate surface area is 167 Å². The van der Waals surface area contributed by atoms with E-state index in [-0.39, 0.29) is 5.41 Å². The zero-order valence-corrected chi connectivity index (χ0v) is 17.8. The number of amides is 1. The van der Waals surface area contributed by atoms with Crippen molar-refractivity contribution in [3.63, 3.8) is 0 Å². The fraction of sp³-hybridized carbons (Fsp3) is 0.647. The van der Waals surface area contributed by atoms with Crippen LogP contribution in [-0.2, 0) is 22.4 Å². The molecule has 0 spiro atoms. The van der Waals surface area contributed by atoms with Crippen LogP contribution < -0.4 is 5.32 Å². The van der Waals surface area contributed by atoms with Crippen LogP contribution in [0.1, 0.15) is 54.4 Å². The summed E-state index contributed by atoms with van der Waals surface area (Å²) in [6.07, 6.45) is 3.72. The number of nitrogens with one attached hydrogen (secondary N) is 1. The molecule has 25 heavy (non-hydrogen) atoms. The first-order valence-electron chi connectivity index (χ1n) is 8.12. The molecule has 0 bridgehead atoms. The van der Waals surface area contributed by atoms with Crippen molar-refractivity contribution in [3.05, 3.63) is 16.0 Å². The molecule has 4 nitrogen and oxygen atoms in total. The van der Waals surface area contributed by atoms with Gasteiger partial charge in [-0.2, -0.15) is 0 Å². The Morgan fingerprint density at radius 2 is 1.96 bits per heavy atom. The smallest absolute Gasteiger partial charge is 0.341 e. The van der Waals surface area contributed by atoms with Gasteiger partial charge in [-0.1, -0.05) is 62.0 Å². The highest BCUT2D eigenvalue weighted by molar-refractivity contribution is 7.17. The largest absolute Gasteiger partial charge is 0.465 e. The Balaban J connectivity index is 2.40. The Morgan fingerprint density at radius 3 is 2.48 bits per heavy atom. The summed E-state index contributed by atoms with van der Waals surface area (Å²) in [6, 6.07) is 0. The molecular formula is C17H22Cl3NO3S. The van der Waals surface area contributed by atoms with Crippen LogP contribution in [0.5, 0.6) is 0 Å². The summed E-state index contributed by atoms with van der Waals surface area (Å²) in [5.41, 5.74) is 1.55.